The van der Waals surface area contributed by atoms with E-state index in [4.69, 9.17) is 14.2 Å². The number of carbonyl (C=O) groups excluding carboxylic acids is 1. The molecule has 0 radical (unpaired) electrons. The van der Waals surface area contributed by atoms with Crippen LogP contribution in [0.25, 0.3) is 21.9 Å². The van der Waals surface area contributed by atoms with E-state index in [-0.39, 0.29) is 19.0 Å². The van der Waals surface area contributed by atoms with Gasteiger partial charge in [-0.3, -0.25) is 0 Å². The molecule has 0 saturated carbocycles. The first-order chi connectivity index (χ1) is 17.5. The first kappa shape index (κ1) is 22.7. The van der Waals surface area contributed by atoms with Gasteiger partial charge in [-0.05, 0) is 57.3 Å². The van der Waals surface area contributed by atoms with Crippen LogP contribution in [0.1, 0.15) is 39.9 Å². The maximum atomic E-state index is 12.3. The molecule has 1 saturated heterocycles. The molecule has 6 rings (SSSR count). The van der Waals surface area contributed by atoms with Gasteiger partial charge in [0, 0.05) is 18.4 Å². The Kier molecular flexibility index (Phi) is 5.72. The van der Waals surface area contributed by atoms with Crippen LogP contribution in [0, 0.1) is 0 Å². The first-order valence-electron chi connectivity index (χ1n) is 12.1. The van der Waals surface area contributed by atoms with Crippen LogP contribution in [-0.4, -0.2) is 29.1 Å². The molecule has 0 bridgehead atoms. The highest BCUT2D eigenvalue weighted by Gasteiger charge is 2.36. The minimum absolute atomic E-state index is 0.140. The second kappa shape index (κ2) is 9.06. The summed E-state index contributed by atoms with van der Waals surface area (Å²) in [5.41, 5.74) is 4.06. The maximum Gasteiger partial charge on any atom is 0.338 e. The van der Waals surface area contributed by atoms with Gasteiger partial charge in [0.05, 0.1) is 17.8 Å². The van der Waals surface area contributed by atoms with Crippen LogP contribution in [0.3, 0.4) is 0 Å². The minimum Gasteiger partial charge on any atom is -0.489 e. The average Bonchev–Trinajstić information content (AvgIpc) is 3.26. The summed E-state index contributed by atoms with van der Waals surface area (Å²) < 4.78 is 16.7. The third-order valence-electron chi connectivity index (χ3n) is 7.06. The van der Waals surface area contributed by atoms with Crippen molar-refractivity contribution in [1.29, 1.82) is 0 Å². The Morgan fingerprint density at radius 3 is 2.69 bits per heavy atom. The molecule has 0 amide bonds. The third kappa shape index (κ3) is 4.13. The largest absolute Gasteiger partial charge is 0.489 e. The van der Waals surface area contributed by atoms with Crippen molar-refractivity contribution in [2.75, 3.05) is 6.61 Å². The Balaban J connectivity index is 1.32. The third-order valence-corrected chi connectivity index (χ3v) is 7.06. The number of cyclic esters (lactones) is 1. The first-order valence-corrected chi connectivity index (χ1v) is 12.1. The molecule has 36 heavy (non-hydrogen) atoms. The van der Waals surface area contributed by atoms with Gasteiger partial charge in [-0.25, -0.2) is 4.79 Å². The smallest absolute Gasteiger partial charge is 0.338 e. The average molecular weight is 483 g/mol. The predicted molar refractivity (Wildman–Crippen MR) is 134 cm³/mol. The van der Waals surface area contributed by atoms with Crippen LogP contribution < -0.4 is 4.74 Å². The molecule has 2 aliphatic heterocycles. The molecule has 4 aromatic rings. The van der Waals surface area contributed by atoms with Gasteiger partial charge in [0.25, 0.3) is 0 Å². The number of benzene rings is 4. The van der Waals surface area contributed by atoms with Gasteiger partial charge in [0.1, 0.15) is 19.0 Å². The van der Waals surface area contributed by atoms with E-state index >= 15 is 0 Å². The zero-order valence-electron chi connectivity index (χ0n) is 19.6. The molecule has 2 aliphatic rings. The number of fused-ring (bicyclic) bond motifs is 2. The minimum atomic E-state index is -1.12. The quantitative estimate of drug-likeness (QED) is 0.386. The van der Waals surface area contributed by atoms with E-state index in [1.807, 2.05) is 78.9 Å². The monoisotopic (exact) mass is 482 g/mol. The molecule has 0 aromatic heterocycles. The summed E-state index contributed by atoms with van der Waals surface area (Å²) in [7, 11) is 0. The number of hydrogen-bond acceptors (Lipinski definition) is 6. The summed E-state index contributed by atoms with van der Waals surface area (Å²) >= 11 is 0. The zero-order valence-corrected chi connectivity index (χ0v) is 19.6. The van der Waals surface area contributed by atoms with E-state index in [0.29, 0.717) is 30.9 Å². The van der Waals surface area contributed by atoms with Crippen molar-refractivity contribution in [3.8, 4) is 16.9 Å². The second-order valence-corrected chi connectivity index (χ2v) is 9.40. The normalized spacial score (nSPS) is 21.3. The van der Waals surface area contributed by atoms with Crippen molar-refractivity contribution in [3.05, 3.63) is 101 Å². The van der Waals surface area contributed by atoms with Crippen molar-refractivity contribution < 1.29 is 29.2 Å². The van der Waals surface area contributed by atoms with Crippen LogP contribution in [0.4, 0.5) is 0 Å². The SMILES string of the molecule is O=C1OCc2c1cc1ccc(OCc3cccc([C@]4(O)CCOC(O)C4)c3)cc1c2-c1ccccc1. The number of aliphatic hydroxyl groups is 2. The van der Waals surface area contributed by atoms with E-state index < -0.39 is 11.9 Å². The van der Waals surface area contributed by atoms with Crippen molar-refractivity contribution in [1.82, 2.24) is 0 Å². The molecule has 4 aromatic carbocycles. The van der Waals surface area contributed by atoms with Crippen LogP contribution in [0.5, 0.6) is 5.75 Å². The summed E-state index contributed by atoms with van der Waals surface area (Å²) in [6.07, 6.45) is -0.402. The lowest BCUT2D eigenvalue weighted by Gasteiger charge is -2.35. The van der Waals surface area contributed by atoms with E-state index in [9.17, 15) is 15.0 Å². The van der Waals surface area contributed by atoms with Crippen molar-refractivity contribution >= 4 is 16.7 Å². The fourth-order valence-corrected chi connectivity index (χ4v) is 5.18. The molecule has 1 fully saturated rings. The van der Waals surface area contributed by atoms with Gasteiger partial charge in [-0.15, -0.1) is 0 Å². The molecular formula is C30H26O6. The Morgan fingerprint density at radius 2 is 1.86 bits per heavy atom. The van der Waals surface area contributed by atoms with E-state index in [0.717, 1.165) is 38.6 Å². The molecule has 6 heteroatoms. The topological polar surface area (TPSA) is 85.2 Å². The van der Waals surface area contributed by atoms with Gasteiger partial charge < -0.3 is 24.4 Å². The molecule has 0 spiro atoms. The molecule has 182 valence electrons. The fourth-order valence-electron chi connectivity index (χ4n) is 5.18. The molecule has 1 unspecified atom stereocenters. The summed E-state index contributed by atoms with van der Waals surface area (Å²) in [4.78, 5) is 12.3. The van der Waals surface area contributed by atoms with E-state index in [1.54, 1.807) is 0 Å². The summed E-state index contributed by atoms with van der Waals surface area (Å²) in [6.45, 7) is 0.885. The summed E-state index contributed by atoms with van der Waals surface area (Å²) in [6, 6.07) is 25.4. The fraction of sp³-hybridized carbons (Fsp3) is 0.233. The molecule has 6 nitrogen and oxygen atoms in total. The van der Waals surface area contributed by atoms with Gasteiger partial charge >= 0.3 is 5.97 Å². The van der Waals surface area contributed by atoms with Crippen LogP contribution in [-0.2, 0) is 28.3 Å². The number of esters is 1. The summed E-state index contributed by atoms with van der Waals surface area (Å²) in [5, 5.41) is 22.9. The Morgan fingerprint density at radius 1 is 1.00 bits per heavy atom. The zero-order chi connectivity index (χ0) is 24.7. The van der Waals surface area contributed by atoms with Crippen molar-refractivity contribution in [2.24, 2.45) is 0 Å². The molecule has 2 N–H and O–H groups in total. The number of rotatable bonds is 5. The number of hydrogen-bond donors (Lipinski definition) is 2. The van der Waals surface area contributed by atoms with E-state index in [2.05, 4.69) is 0 Å². The Labute approximate surface area is 208 Å². The molecule has 2 heterocycles. The lowest BCUT2D eigenvalue weighted by Crippen LogP contribution is -2.38. The van der Waals surface area contributed by atoms with Gasteiger partial charge in [0.2, 0.25) is 0 Å². The van der Waals surface area contributed by atoms with Crippen LogP contribution in [0.15, 0.2) is 78.9 Å². The van der Waals surface area contributed by atoms with Crippen molar-refractivity contribution in [3.63, 3.8) is 0 Å². The lowest BCUT2D eigenvalue weighted by atomic mass is 9.85. The standard InChI is InChI=1S/C30H26O6/c31-27-16-30(33,11-12-34-27)22-8-4-5-19(13-22)17-35-23-10-9-21-14-25-26(18-36-29(25)32)28(24(21)15-23)20-6-2-1-3-7-20/h1-10,13-15,27,31,33H,11-12,16-18H2/t27?,30-/m0/s1. The Hall–Kier alpha value is -3.71. The molecule has 2 atom stereocenters. The summed E-state index contributed by atoms with van der Waals surface area (Å²) in [5.74, 6) is 0.415. The van der Waals surface area contributed by atoms with Crippen molar-refractivity contribution in [2.45, 2.75) is 37.9 Å². The highest BCUT2D eigenvalue weighted by atomic mass is 16.6. The van der Waals surface area contributed by atoms with Crippen LogP contribution >= 0.6 is 0 Å². The maximum absolute atomic E-state index is 12.3. The Bertz CT molecular complexity index is 1450. The number of carbonyl (C=O) groups is 1. The predicted octanol–water partition coefficient (Wildman–Crippen LogP) is 5.07. The van der Waals surface area contributed by atoms with Gasteiger partial charge in [0.15, 0.2) is 6.29 Å². The highest BCUT2D eigenvalue weighted by Crippen LogP contribution is 2.40. The van der Waals surface area contributed by atoms with Gasteiger partial charge in [-0.1, -0.05) is 54.6 Å². The highest BCUT2D eigenvalue weighted by molar-refractivity contribution is 6.07. The van der Waals surface area contributed by atoms with Gasteiger partial charge in [-0.2, -0.15) is 0 Å². The number of aliphatic hydroxyl groups excluding tert-OH is 1. The van der Waals surface area contributed by atoms with E-state index in [1.165, 1.54) is 0 Å². The molecular weight excluding hydrogens is 456 g/mol. The molecule has 0 aliphatic carbocycles. The second-order valence-electron chi connectivity index (χ2n) is 9.40. The lowest BCUT2D eigenvalue weighted by molar-refractivity contribution is -0.188. The number of ether oxygens (including phenoxy) is 3. The van der Waals surface area contributed by atoms with Crippen LogP contribution in [0.2, 0.25) is 0 Å².